The summed E-state index contributed by atoms with van der Waals surface area (Å²) in [6.45, 7) is 0.807. The van der Waals surface area contributed by atoms with E-state index in [1.54, 1.807) is 4.90 Å². The molecule has 0 spiro atoms. The predicted octanol–water partition coefficient (Wildman–Crippen LogP) is 4.21. The van der Waals surface area contributed by atoms with Crippen molar-refractivity contribution < 1.29 is 17.6 Å². The molecular formula is C17H16F4N2. The normalized spacial score (nSPS) is 15.9. The van der Waals surface area contributed by atoms with Gasteiger partial charge in [-0.1, -0.05) is 0 Å². The molecule has 3 rings (SSSR count). The second-order valence-corrected chi connectivity index (χ2v) is 5.80. The smallest absolute Gasteiger partial charge is 0.151 e. The first kappa shape index (κ1) is 15.6. The Morgan fingerprint density at radius 2 is 1.35 bits per heavy atom. The zero-order valence-corrected chi connectivity index (χ0v) is 12.3. The Bertz CT molecular complexity index is 681. The average molecular weight is 324 g/mol. The van der Waals surface area contributed by atoms with Crippen molar-refractivity contribution >= 4 is 11.4 Å². The van der Waals surface area contributed by atoms with Crippen LogP contribution in [0.3, 0.4) is 0 Å². The summed E-state index contributed by atoms with van der Waals surface area (Å²) in [5.74, 6) is -2.65. The highest BCUT2D eigenvalue weighted by Gasteiger charge is 2.25. The standard InChI is InChI=1S/C17H16F4N2/c18-12-5-11(6-13(19)7-12)10-1-3-23(4-2-10)17-15(20)8-14(22)9-16(17)21/h5-10H,1-4,22H2. The minimum Gasteiger partial charge on any atom is -0.399 e. The third-order valence-corrected chi connectivity index (χ3v) is 4.21. The molecule has 2 N–H and O–H groups in total. The van der Waals surface area contributed by atoms with Crippen LogP contribution in [0.4, 0.5) is 28.9 Å². The van der Waals surface area contributed by atoms with Gasteiger partial charge in [0.1, 0.15) is 17.3 Å². The van der Waals surface area contributed by atoms with Crippen LogP contribution in [-0.2, 0) is 0 Å². The van der Waals surface area contributed by atoms with Gasteiger partial charge in [0.25, 0.3) is 0 Å². The summed E-state index contributed by atoms with van der Waals surface area (Å²) < 4.78 is 54.5. The fourth-order valence-electron chi connectivity index (χ4n) is 3.13. The molecule has 23 heavy (non-hydrogen) atoms. The van der Waals surface area contributed by atoms with Crippen molar-refractivity contribution in [1.82, 2.24) is 0 Å². The second-order valence-electron chi connectivity index (χ2n) is 5.80. The summed E-state index contributed by atoms with van der Waals surface area (Å²) in [5.41, 5.74) is 5.94. The Kier molecular flexibility index (Phi) is 4.15. The molecule has 6 heteroatoms. The highest BCUT2D eigenvalue weighted by Crippen LogP contribution is 2.34. The van der Waals surface area contributed by atoms with Gasteiger partial charge in [-0.15, -0.1) is 0 Å². The van der Waals surface area contributed by atoms with E-state index in [0.29, 0.717) is 31.5 Å². The van der Waals surface area contributed by atoms with Crippen molar-refractivity contribution in [2.45, 2.75) is 18.8 Å². The highest BCUT2D eigenvalue weighted by molar-refractivity contribution is 5.56. The van der Waals surface area contributed by atoms with Gasteiger partial charge in [-0.05, 0) is 48.6 Å². The van der Waals surface area contributed by atoms with E-state index < -0.39 is 23.3 Å². The van der Waals surface area contributed by atoms with Crippen molar-refractivity contribution in [3.8, 4) is 0 Å². The maximum absolute atomic E-state index is 14.0. The van der Waals surface area contributed by atoms with Gasteiger partial charge in [0.2, 0.25) is 0 Å². The molecule has 0 atom stereocenters. The van der Waals surface area contributed by atoms with E-state index in [1.807, 2.05) is 0 Å². The van der Waals surface area contributed by atoms with Gasteiger partial charge in [-0.3, -0.25) is 0 Å². The van der Waals surface area contributed by atoms with E-state index in [9.17, 15) is 17.6 Å². The molecule has 0 radical (unpaired) electrons. The molecule has 1 fully saturated rings. The van der Waals surface area contributed by atoms with Crippen molar-refractivity contribution in [2.75, 3.05) is 23.7 Å². The summed E-state index contributed by atoms with van der Waals surface area (Å²) in [6, 6.07) is 5.64. The molecule has 2 nitrogen and oxygen atoms in total. The van der Waals surface area contributed by atoms with Crippen molar-refractivity contribution in [1.29, 1.82) is 0 Å². The summed E-state index contributed by atoms with van der Waals surface area (Å²) in [7, 11) is 0. The van der Waals surface area contributed by atoms with Crippen LogP contribution in [0.25, 0.3) is 0 Å². The van der Waals surface area contributed by atoms with Crippen molar-refractivity contribution in [3.05, 3.63) is 59.2 Å². The third-order valence-electron chi connectivity index (χ3n) is 4.21. The molecule has 122 valence electrons. The monoisotopic (exact) mass is 324 g/mol. The van der Waals surface area contributed by atoms with Crippen LogP contribution >= 0.6 is 0 Å². The number of nitrogens with two attached hydrogens (primary N) is 1. The SMILES string of the molecule is Nc1cc(F)c(N2CCC(c3cc(F)cc(F)c3)CC2)c(F)c1. The van der Waals surface area contributed by atoms with Gasteiger partial charge in [-0.2, -0.15) is 0 Å². The molecule has 2 aromatic rings. The van der Waals surface area contributed by atoms with E-state index in [0.717, 1.165) is 18.2 Å². The van der Waals surface area contributed by atoms with Gasteiger partial charge in [0.05, 0.1) is 0 Å². The first-order valence-corrected chi connectivity index (χ1v) is 7.39. The van der Waals surface area contributed by atoms with Gasteiger partial charge in [0.15, 0.2) is 11.6 Å². The summed E-state index contributed by atoms with van der Waals surface area (Å²) in [6.07, 6.45) is 1.12. The minimum atomic E-state index is -0.697. The number of hydrogen-bond donors (Lipinski definition) is 1. The highest BCUT2D eigenvalue weighted by atomic mass is 19.1. The van der Waals surface area contributed by atoms with E-state index in [-0.39, 0.29) is 17.3 Å². The van der Waals surface area contributed by atoms with E-state index in [1.165, 1.54) is 12.1 Å². The van der Waals surface area contributed by atoms with Gasteiger partial charge >= 0.3 is 0 Å². The molecule has 0 unspecified atom stereocenters. The van der Waals surface area contributed by atoms with Crippen LogP contribution < -0.4 is 10.6 Å². The lowest BCUT2D eigenvalue weighted by atomic mass is 9.89. The summed E-state index contributed by atoms with van der Waals surface area (Å²) in [5, 5.41) is 0. The fourth-order valence-corrected chi connectivity index (χ4v) is 3.13. The third kappa shape index (κ3) is 3.25. The Morgan fingerprint density at radius 3 is 1.87 bits per heavy atom. The molecular weight excluding hydrogens is 308 g/mol. The maximum Gasteiger partial charge on any atom is 0.151 e. The number of benzene rings is 2. The lowest BCUT2D eigenvalue weighted by Crippen LogP contribution is -2.34. The van der Waals surface area contributed by atoms with Crippen LogP contribution in [0.15, 0.2) is 30.3 Å². The Hall–Kier alpha value is -2.24. The topological polar surface area (TPSA) is 29.3 Å². The molecule has 1 aliphatic heterocycles. The summed E-state index contributed by atoms with van der Waals surface area (Å²) in [4.78, 5) is 1.61. The van der Waals surface area contributed by atoms with E-state index >= 15 is 0 Å². The first-order chi connectivity index (χ1) is 10.9. The number of rotatable bonds is 2. The number of hydrogen-bond acceptors (Lipinski definition) is 2. The predicted molar refractivity (Wildman–Crippen MR) is 81.3 cm³/mol. The molecule has 1 saturated heterocycles. The number of nitrogen functional groups attached to an aromatic ring is 1. The average Bonchev–Trinajstić information content (AvgIpc) is 2.46. The lowest BCUT2D eigenvalue weighted by Gasteiger charge is -2.34. The van der Waals surface area contributed by atoms with Crippen LogP contribution in [0.2, 0.25) is 0 Å². The molecule has 0 bridgehead atoms. The van der Waals surface area contributed by atoms with Crippen LogP contribution in [-0.4, -0.2) is 13.1 Å². The molecule has 0 aromatic heterocycles. The van der Waals surface area contributed by atoms with Crippen LogP contribution in [0, 0.1) is 23.3 Å². The van der Waals surface area contributed by atoms with Gasteiger partial charge in [-0.25, -0.2) is 17.6 Å². The number of anilines is 2. The molecule has 0 amide bonds. The quantitative estimate of drug-likeness (QED) is 0.662. The van der Waals surface area contributed by atoms with Gasteiger partial charge in [0, 0.05) is 24.8 Å². The van der Waals surface area contributed by atoms with Crippen molar-refractivity contribution in [3.63, 3.8) is 0 Å². The minimum absolute atomic E-state index is 0.0312. The zero-order valence-electron chi connectivity index (χ0n) is 12.3. The zero-order chi connectivity index (χ0) is 16.6. The lowest BCUT2D eigenvalue weighted by molar-refractivity contribution is 0.481. The fraction of sp³-hybridized carbons (Fsp3) is 0.294. The Morgan fingerprint density at radius 1 is 0.826 bits per heavy atom. The van der Waals surface area contributed by atoms with Gasteiger partial charge < -0.3 is 10.6 Å². The number of halogens is 4. The van der Waals surface area contributed by atoms with Crippen LogP contribution in [0.1, 0.15) is 24.3 Å². The molecule has 1 aliphatic rings. The molecule has 0 aliphatic carbocycles. The first-order valence-electron chi connectivity index (χ1n) is 7.39. The largest absolute Gasteiger partial charge is 0.399 e. The second kappa shape index (κ2) is 6.10. The maximum atomic E-state index is 14.0. The molecule has 1 heterocycles. The molecule has 0 saturated carbocycles. The Labute approximate surface area is 131 Å². The number of nitrogens with zero attached hydrogens (tertiary/aromatic N) is 1. The van der Waals surface area contributed by atoms with Crippen molar-refractivity contribution in [2.24, 2.45) is 0 Å². The van der Waals surface area contributed by atoms with E-state index in [2.05, 4.69) is 0 Å². The Balaban J connectivity index is 1.76. The van der Waals surface area contributed by atoms with E-state index in [4.69, 9.17) is 5.73 Å². The van der Waals surface area contributed by atoms with Crippen LogP contribution in [0.5, 0.6) is 0 Å². The summed E-state index contributed by atoms with van der Waals surface area (Å²) >= 11 is 0. The number of piperidine rings is 1. The molecule has 2 aromatic carbocycles.